The Morgan fingerprint density at radius 3 is 2.50 bits per heavy atom. The van der Waals surface area contributed by atoms with Gasteiger partial charge in [-0.05, 0) is 50.4 Å². The zero-order valence-electron chi connectivity index (χ0n) is 13.1. The van der Waals surface area contributed by atoms with Gasteiger partial charge in [-0.3, -0.25) is 4.79 Å². The molecule has 0 bridgehead atoms. The van der Waals surface area contributed by atoms with Crippen LogP contribution in [-0.4, -0.2) is 44.2 Å². The van der Waals surface area contributed by atoms with E-state index in [-0.39, 0.29) is 11.3 Å². The van der Waals surface area contributed by atoms with Gasteiger partial charge < -0.3 is 15.4 Å². The highest BCUT2D eigenvalue weighted by molar-refractivity contribution is 5.83. The highest BCUT2D eigenvalue weighted by Gasteiger charge is 2.41. The van der Waals surface area contributed by atoms with Crippen molar-refractivity contribution in [1.82, 2.24) is 4.90 Å². The van der Waals surface area contributed by atoms with Crippen LogP contribution >= 0.6 is 0 Å². The van der Waals surface area contributed by atoms with E-state index in [1.54, 1.807) is 0 Å². The van der Waals surface area contributed by atoms with Gasteiger partial charge in [0.1, 0.15) is 0 Å². The molecule has 116 valence electrons. The highest BCUT2D eigenvalue weighted by atomic mass is 16.5. The van der Waals surface area contributed by atoms with E-state index in [9.17, 15) is 4.79 Å². The first-order valence-corrected chi connectivity index (χ1v) is 8.11. The van der Waals surface area contributed by atoms with E-state index < -0.39 is 0 Å². The van der Waals surface area contributed by atoms with Gasteiger partial charge in [0.25, 0.3) is 0 Å². The molecule has 0 aromatic rings. The molecule has 2 aliphatic rings. The van der Waals surface area contributed by atoms with E-state index in [0.717, 1.165) is 44.1 Å². The summed E-state index contributed by atoms with van der Waals surface area (Å²) in [6, 6.07) is 0. The topological polar surface area (TPSA) is 55.6 Å². The van der Waals surface area contributed by atoms with Crippen LogP contribution in [0.15, 0.2) is 0 Å². The molecule has 1 amide bonds. The van der Waals surface area contributed by atoms with Crippen LogP contribution in [0.3, 0.4) is 0 Å². The van der Waals surface area contributed by atoms with E-state index in [0.29, 0.717) is 19.7 Å². The van der Waals surface area contributed by atoms with Gasteiger partial charge in [-0.2, -0.15) is 0 Å². The fraction of sp³-hybridized carbons (Fsp3) is 0.938. The van der Waals surface area contributed by atoms with Crippen molar-refractivity contribution >= 4 is 5.91 Å². The molecule has 2 aliphatic carbocycles. The first-order chi connectivity index (χ1) is 9.57. The molecule has 0 spiro atoms. The lowest BCUT2D eigenvalue weighted by atomic mass is 9.70. The van der Waals surface area contributed by atoms with Crippen LogP contribution in [0.5, 0.6) is 0 Å². The van der Waals surface area contributed by atoms with Crippen LogP contribution in [0.2, 0.25) is 0 Å². The Hall–Kier alpha value is -0.610. The van der Waals surface area contributed by atoms with Gasteiger partial charge in [-0.1, -0.05) is 6.92 Å². The quantitative estimate of drug-likeness (QED) is 0.727. The van der Waals surface area contributed by atoms with E-state index in [1.165, 1.54) is 12.8 Å². The summed E-state index contributed by atoms with van der Waals surface area (Å²) in [5, 5.41) is 0. The fourth-order valence-corrected chi connectivity index (χ4v) is 3.06. The minimum absolute atomic E-state index is 0.224. The summed E-state index contributed by atoms with van der Waals surface area (Å²) in [7, 11) is 1.89. The van der Waals surface area contributed by atoms with Crippen molar-refractivity contribution in [1.29, 1.82) is 0 Å². The van der Waals surface area contributed by atoms with Crippen LogP contribution in [0.1, 0.15) is 45.4 Å². The number of ether oxygens (including phenoxy) is 1. The van der Waals surface area contributed by atoms with Crippen molar-refractivity contribution in [3.63, 3.8) is 0 Å². The zero-order valence-corrected chi connectivity index (χ0v) is 13.1. The molecule has 4 nitrogen and oxygen atoms in total. The molecule has 20 heavy (non-hydrogen) atoms. The maximum atomic E-state index is 12.7. The Bertz CT molecular complexity index is 320. The van der Waals surface area contributed by atoms with Crippen molar-refractivity contribution < 1.29 is 9.53 Å². The number of carbonyl (C=O) groups is 1. The number of hydrogen-bond donors (Lipinski definition) is 1. The number of rotatable bonds is 7. The minimum atomic E-state index is -0.308. The number of likely N-dealkylation sites (N-methyl/N-ethyl adjacent to an activating group) is 1. The van der Waals surface area contributed by atoms with Crippen molar-refractivity contribution in [3.05, 3.63) is 0 Å². The number of nitrogens with zero attached hydrogens (tertiary/aromatic N) is 1. The Kier molecular flexibility index (Phi) is 5.44. The van der Waals surface area contributed by atoms with Crippen LogP contribution in [-0.2, 0) is 9.53 Å². The lowest BCUT2D eigenvalue weighted by Gasteiger charge is -2.39. The van der Waals surface area contributed by atoms with Gasteiger partial charge in [-0.25, -0.2) is 0 Å². The molecule has 0 aliphatic heterocycles. The summed E-state index contributed by atoms with van der Waals surface area (Å²) in [6.45, 7) is 4.94. The number of nitrogens with two attached hydrogens (primary N) is 1. The maximum Gasteiger partial charge on any atom is 0.229 e. The maximum absolute atomic E-state index is 12.7. The molecule has 0 aromatic carbocycles. The lowest BCUT2D eigenvalue weighted by molar-refractivity contribution is -0.143. The molecule has 2 saturated carbocycles. The minimum Gasteiger partial charge on any atom is -0.379 e. The third kappa shape index (κ3) is 3.95. The van der Waals surface area contributed by atoms with E-state index in [4.69, 9.17) is 10.5 Å². The van der Waals surface area contributed by atoms with Gasteiger partial charge >= 0.3 is 0 Å². The molecule has 2 fully saturated rings. The van der Waals surface area contributed by atoms with Gasteiger partial charge in [0.15, 0.2) is 0 Å². The summed E-state index contributed by atoms with van der Waals surface area (Å²) in [5.41, 5.74) is 5.64. The number of hydrogen-bond acceptors (Lipinski definition) is 3. The molecule has 2 N–H and O–H groups in total. The molecule has 4 heteroatoms. The number of amides is 1. The molecule has 0 aromatic heterocycles. The van der Waals surface area contributed by atoms with E-state index in [1.807, 2.05) is 11.9 Å². The van der Waals surface area contributed by atoms with Crippen LogP contribution in [0.25, 0.3) is 0 Å². The van der Waals surface area contributed by atoms with E-state index in [2.05, 4.69) is 6.92 Å². The Labute approximate surface area is 123 Å². The second-order valence-corrected chi connectivity index (χ2v) is 6.91. The standard InChI is InChI=1S/C16H30N2O2/c1-13-5-7-16(12-17,8-6-13)15(19)18(2)9-10-20-11-14-3-4-14/h13-14H,3-12,17H2,1-2H3. The Balaban J connectivity index is 1.77. The molecule has 0 unspecified atom stereocenters. The van der Waals surface area contributed by atoms with Crippen LogP contribution in [0, 0.1) is 17.3 Å². The summed E-state index contributed by atoms with van der Waals surface area (Å²) in [4.78, 5) is 14.5. The predicted molar refractivity (Wildman–Crippen MR) is 80.3 cm³/mol. The Morgan fingerprint density at radius 2 is 1.95 bits per heavy atom. The fourth-order valence-electron chi connectivity index (χ4n) is 3.06. The van der Waals surface area contributed by atoms with Gasteiger partial charge in [-0.15, -0.1) is 0 Å². The third-order valence-corrected chi connectivity index (χ3v) is 5.04. The van der Waals surface area contributed by atoms with Crippen molar-refractivity contribution in [3.8, 4) is 0 Å². The molecular weight excluding hydrogens is 252 g/mol. The Morgan fingerprint density at radius 1 is 1.30 bits per heavy atom. The van der Waals surface area contributed by atoms with Crippen LogP contribution in [0.4, 0.5) is 0 Å². The normalized spacial score (nSPS) is 30.2. The second-order valence-electron chi connectivity index (χ2n) is 6.91. The highest BCUT2D eigenvalue weighted by Crippen LogP contribution is 2.39. The lowest BCUT2D eigenvalue weighted by Crippen LogP contribution is -2.49. The zero-order chi connectivity index (χ0) is 14.6. The van der Waals surface area contributed by atoms with Crippen molar-refractivity contribution in [2.24, 2.45) is 23.0 Å². The molecule has 0 radical (unpaired) electrons. The van der Waals surface area contributed by atoms with Crippen molar-refractivity contribution in [2.75, 3.05) is 33.4 Å². The molecular formula is C16H30N2O2. The van der Waals surface area contributed by atoms with Crippen LogP contribution < -0.4 is 5.73 Å². The first kappa shape index (κ1) is 15.8. The van der Waals surface area contributed by atoms with E-state index >= 15 is 0 Å². The molecule has 0 saturated heterocycles. The average molecular weight is 282 g/mol. The molecule has 2 rings (SSSR count). The van der Waals surface area contributed by atoms with Gasteiger partial charge in [0, 0.05) is 26.7 Å². The van der Waals surface area contributed by atoms with Crippen molar-refractivity contribution in [2.45, 2.75) is 45.4 Å². The summed E-state index contributed by atoms with van der Waals surface area (Å²) in [6.07, 6.45) is 6.74. The SMILES string of the molecule is CC1CCC(CN)(C(=O)N(C)CCOCC2CC2)CC1. The second kappa shape index (κ2) is 6.90. The molecule has 0 heterocycles. The third-order valence-electron chi connectivity index (χ3n) is 5.04. The van der Waals surface area contributed by atoms with Gasteiger partial charge in [0.05, 0.1) is 12.0 Å². The summed E-state index contributed by atoms with van der Waals surface area (Å²) >= 11 is 0. The largest absolute Gasteiger partial charge is 0.379 e. The smallest absolute Gasteiger partial charge is 0.229 e. The summed E-state index contributed by atoms with van der Waals surface area (Å²) < 4.78 is 5.62. The number of carbonyl (C=O) groups excluding carboxylic acids is 1. The summed E-state index contributed by atoms with van der Waals surface area (Å²) in [5.74, 6) is 1.74. The predicted octanol–water partition coefficient (Wildman–Crippen LogP) is 2.03. The molecule has 0 atom stereocenters. The average Bonchev–Trinajstić information content (AvgIpc) is 3.28. The van der Waals surface area contributed by atoms with Gasteiger partial charge in [0.2, 0.25) is 5.91 Å². The first-order valence-electron chi connectivity index (χ1n) is 8.11. The monoisotopic (exact) mass is 282 g/mol.